The average molecular weight is 111 g/mol. The Labute approximate surface area is 50.5 Å². The molecule has 1 nitrogen and oxygen atoms in total. The van der Waals surface area contributed by atoms with E-state index in [-0.39, 0.29) is 0 Å². The van der Waals surface area contributed by atoms with Gasteiger partial charge in [-0.2, -0.15) is 0 Å². The SMILES string of the molecule is CC1N[C@@H]2CC[C@H]1C2. The maximum atomic E-state index is 3.55. The van der Waals surface area contributed by atoms with E-state index in [4.69, 9.17) is 0 Å². The Hall–Kier alpha value is -0.0400. The second-order valence-corrected chi connectivity index (χ2v) is 3.23. The molecule has 2 fully saturated rings. The number of piperidine rings is 1. The Kier molecular flexibility index (Phi) is 0.884. The molecule has 2 aliphatic rings. The molecule has 8 heavy (non-hydrogen) atoms. The smallest absolute Gasteiger partial charge is 0.00729 e. The zero-order valence-electron chi connectivity index (χ0n) is 5.35. The predicted octanol–water partition coefficient (Wildman–Crippen LogP) is 1.15. The van der Waals surface area contributed by atoms with Gasteiger partial charge in [-0.25, -0.2) is 0 Å². The summed E-state index contributed by atoms with van der Waals surface area (Å²) in [5, 5.41) is 3.55. The summed E-state index contributed by atoms with van der Waals surface area (Å²) in [5.41, 5.74) is 0. The van der Waals surface area contributed by atoms with Crippen LogP contribution in [0.25, 0.3) is 0 Å². The Bertz CT molecular complexity index is 98.6. The molecule has 2 rings (SSSR count). The monoisotopic (exact) mass is 111 g/mol. The van der Waals surface area contributed by atoms with Crippen LogP contribution in [0, 0.1) is 5.92 Å². The molecule has 1 heterocycles. The van der Waals surface area contributed by atoms with E-state index in [0.717, 1.165) is 18.0 Å². The molecule has 0 amide bonds. The zero-order valence-corrected chi connectivity index (χ0v) is 5.35. The molecule has 46 valence electrons. The van der Waals surface area contributed by atoms with Crippen molar-refractivity contribution in [2.45, 2.75) is 38.3 Å². The summed E-state index contributed by atoms with van der Waals surface area (Å²) in [5.74, 6) is 1.03. The molecule has 1 N–H and O–H groups in total. The fraction of sp³-hybridized carbons (Fsp3) is 1.00. The van der Waals surface area contributed by atoms with Crippen LogP contribution >= 0.6 is 0 Å². The zero-order chi connectivity index (χ0) is 5.56. The molecule has 1 heteroatoms. The first-order valence-electron chi connectivity index (χ1n) is 3.62. The van der Waals surface area contributed by atoms with Crippen molar-refractivity contribution in [2.24, 2.45) is 5.92 Å². The Morgan fingerprint density at radius 2 is 2.25 bits per heavy atom. The second kappa shape index (κ2) is 1.47. The quantitative estimate of drug-likeness (QED) is 0.494. The highest BCUT2D eigenvalue weighted by Gasteiger charge is 2.35. The van der Waals surface area contributed by atoms with E-state index < -0.39 is 0 Å². The molecule has 1 aliphatic carbocycles. The molecule has 0 spiro atoms. The number of nitrogens with one attached hydrogen (secondary N) is 1. The van der Waals surface area contributed by atoms with Crippen molar-refractivity contribution in [3.63, 3.8) is 0 Å². The maximum Gasteiger partial charge on any atom is 0.00729 e. The van der Waals surface area contributed by atoms with Gasteiger partial charge in [0.25, 0.3) is 0 Å². The molecule has 0 aromatic heterocycles. The normalized spacial score (nSPS) is 52.9. The van der Waals surface area contributed by atoms with Crippen LogP contribution in [-0.4, -0.2) is 12.1 Å². The lowest BCUT2D eigenvalue weighted by molar-refractivity contribution is 0.405. The van der Waals surface area contributed by atoms with Crippen molar-refractivity contribution in [2.75, 3.05) is 0 Å². The lowest BCUT2D eigenvalue weighted by Gasteiger charge is -2.17. The third-order valence-corrected chi connectivity index (χ3v) is 2.68. The van der Waals surface area contributed by atoms with Crippen molar-refractivity contribution < 1.29 is 0 Å². The highest BCUT2D eigenvalue weighted by molar-refractivity contribution is 4.94. The van der Waals surface area contributed by atoms with Crippen molar-refractivity contribution >= 4 is 0 Å². The topological polar surface area (TPSA) is 12.0 Å². The van der Waals surface area contributed by atoms with E-state index in [1.165, 1.54) is 19.3 Å². The summed E-state index contributed by atoms with van der Waals surface area (Å²) in [6.07, 6.45) is 4.38. The van der Waals surface area contributed by atoms with Gasteiger partial charge in [-0.3, -0.25) is 0 Å². The minimum Gasteiger partial charge on any atom is -0.311 e. The van der Waals surface area contributed by atoms with Crippen molar-refractivity contribution in [3.05, 3.63) is 0 Å². The minimum absolute atomic E-state index is 0.828. The van der Waals surface area contributed by atoms with Gasteiger partial charge in [-0.15, -0.1) is 0 Å². The second-order valence-electron chi connectivity index (χ2n) is 3.23. The first-order chi connectivity index (χ1) is 3.86. The molecular formula is C7H13N. The van der Waals surface area contributed by atoms with E-state index in [1.807, 2.05) is 0 Å². The van der Waals surface area contributed by atoms with Crippen molar-refractivity contribution in [3.8, 4) is 0 Å². The van der Waals surface area contributed by atoms with Crippen molar-refractivity contribution in [1.29, 1.82) is 0 Å². The van der Waals surface area contributed by atoms with Crippen molar-refractivity contribution in [1.82, 2.24) is 5.32 Å². The Morgan fingerprint density at radius 1 is 1.38 bits per heavy atom. The fourth-order valence-electron chi connectivity index (χ4n) is 2.13. The van der Waals surface area contributed by atoms with Crippen LogP contribution in [0.15, 0.2) is 0 Å². The van der Waals surface area contributed by atoms with Gasteiger partial charge in [-0.05, 0) is 32.1 Å². The molecule has 0 radical (unpaired) electrons. The van der Waals surface area contributed by atoms with E-state index >= 15 is 0 Å². The van der Waals surface area contributed by atoms with Gasteiger partial charge >= 0.3 is 0 Å². The van der Waals surface area contributed by atoms with Gasteiger partial charge in [-0.1, -0.05) is 0 Å². The summed E-state index contributed by atoms with van der Waals surface area (Å²) in [4.78, 5) is 0. The maximum absolute atomic E-state index is 3.55. The minimum atomic E-state index is 0.828. The first-order valence-corrected chi connectivity index (χ1v) is 3.62. The standard InChI is InChI=1S/C7H13N/c1-5-6-2-3-7(4-6)8-5/h5-8H,2-4H2,1H3/t5?,6-,7+/m0/s1. The number of rotatable bonds is 0. The van der Waals surface area contributed by atoms with Gasteiger partial charge < -0.3 is 5.32 Å². The summed E-state index contributed by atoms with van der Waals surface area (Å²) in [7, 11) is 0. The van der Waals surface area contributed by atoms with Gasteiger partial charge in [0, 0.05) is 12.1 Å². The molecule has 3 atom stereocenters. The van der Waals surface area contributed by atoms with Crippen LogP contribution in [0.1, 0.15) is 26.2 Å². The molecule has 1 saturated heterocycles. The third-order valence-electron chi connectivity index (χ3n) is 2.68. The molecule has 0 aromatic rings. The summed E-state index contributed by atoms with van der Waals surface area (Å²) in [6, 6.07) is 1.73. The van der Waals surface area contributed by atoms with Gasteiger partial charge in [0.05, 0.1) is 0 Å². The highest BCUT2D eigenvalue weighted by Crippen LogP contribution is 2.34. The number of fused-ring (bicyclic) bond motifs is 2. The Balaban J connectivity index is 2.11. The van der Waals surface area contributed by atoms with Gasteiger partial charge in [0.1, 0.15) is 0 Å². The summed E-state index contributed by atoms with van der Waals surface area (Å²) in [6.45, 7) is 2.31. The Morgan fingerprint density at radius 3 is 2.50 bits per heavy atom. The first kappa shape index (κ1) is 4.80. The molecule has 1 aliphatic heterocycles. The molecule has 1 unspecified atom stereocenters. The van der Waals surface area contributed by atoms with E-state index in [2.05, 4.69) is 12.2 Å². The molecule has 0 aromatic carbocycles. The van der Waals surface area contributed by atoms with Crippen LogP contribution < -0.4 is 5.32 Å². The lowest BCUT2D eigenvalue weighted by Crippen LogP contribution is -2.32. The van der Waals surface area contributed by atoms with Crippen LogP contribution in [0.4, 0.5) is 0 Å². The predicted molar refractivity (Wildman–Crippen MR) is 33.7 cm³/mol. The summed E-state index contributed by atoms with van der Waals surface area (Å²) >= 11 is 0. The van der Waals surface area contributed by atoms with E-state index in [0.29, 0.717) is 0 Å². The third kappa shape index (κ3) is 0.510. The molecular weight excluding hydrogens is 98.1 g/mol. The lowest BCUT2D eigenvalue weighted by atomic mass is 10.0. The number of hydrogen-bond acceptors (Lipinski definition) is 1. The molecule has 2 bridgehead atoms. The van der Waals surface area contributed by atoms with Crippen LogP contribution in [0.3, 0.4) is 0 Å². The fourth-order valence-corrected chi connectivity index (χ4v) is 2.13. The van der Waals surface area contributed by atoms with E-state index in [9.17, 15) is 0 Å². The summed E-state index contributed by atoms with van der Waals surface area (Å²) < 4.78 is 0. The van der Waals surface area contributed by atoms with Crippen LogP contribution in [0.5, 0.6) is 0 Å². The molecule has 1 saturated carbocycles. The van der Waals surface area contributed by atoms with Gasteiger partial charge in [0.15, 0.2) is 0 Å². The number of hydrogen-bond donors (Lipinski definition) is 1. The van der Waals surface area contributed by atoms with Crippen LogP contribution in [-0.2, 0) is 0 Å². The highest BCUT2D eigenvalue weighted by atomic mass is 15.0. The van der Waals surface area contributed by atoms with Crippen LogP contribution in [0.2, 0.25) is 0 Å². The largest absolute Gasteiger partial charge is 0.311 e. The average Bonchev–Trinajstić information content (AvgIpc) is 2.23. The van der Waals surface area contributed by atoms with E-state index in [1.54, 1.807) is 0 Å². The van der Waals surface area contributed by atoms with Gasteiger partial charge in [0.2, 0.25) is 0 Å².